The maximum Gasteiger partial charge on any atom is 0.191 e. The first-order valence-electron chi connectivity index (χ1n) is 10.8. The maximum absolute atomic E-state index is 10.3. The Morgan fingerprint density at radius 2 is 1.67 bits per heavy atom. The molecule has 1 aliphatic rings. The summed E-state index contributed by atoms with van der Waals surface area (Å²) in [5.74, 6) is 0.786. The van der Waals surface area contributed by atoms with E-state index in [1.165, 1.54) is 37.1 Å². The molecule has 1 saturated heterocycles. The molecule has 2 aromatic carbocycles. The first-order chi connectivity index (χ1) is 14.2. The molecule has 6 heteroatoms. The van der Waals surface area contributed by atoms with E-state index in [0.29, 0.717) is 19.5 Å². The van der Waals surface area contributed by atoms with Gasteiger partial charge in [0.15, 0.2) is 5.96 Å². The van der Waals surface area contributed by atoms with Crippen LogP contribution in [0.15, 0.2) is 59.6 Å². The van der Waals surface area contributed by atoms with E-state index in [4.69, 9.17) is 0 Å². The summed E-state index contributed by atoms with van der Waals surface area (Å²) in [6.45, 7) is 7.67. The average molecular weight is 522 g/mol. The predicted octanol–water partition coefficient (Wildman–Crippen LogP) is 4.08. The molecule has 0 aliphatic carbocycles. The standard InChI is InChI=1S/C24H34N4O.HI/c1-2-25-24(26-15-14-23(29)22-8-4-3-5-9-22)27-18-20-10-12-21(13-11-20)19-28-16-6-7-17-28;/h3-5,8-13,23,29H,2,6-7,14-19H2,1H3,(H2,25,26,27);1H. The van der Waals surface area contributed by atoms with Crippen LogP contribution in [0.25, 0.3) is 0 Å². The molecule has 164 valence electrons. The number of aliphatic hydroxyl groups is 1. The Morgan fingerprint density at radius 1 is 1.00 bits per heavy atom. The third-order valence-electron chi connectivity index (χ3n) is 5.29. The number of halogens is 1. The number of rotatable bonds is 9. The van der Waals surface area contributed by atoms with E-state index in [1.54, 1.807) is 0 Å². The number of likely N-dealkylation sites (tertiary alicyclic amines) is 1. The van der Waals surface area contributed by atoms with Crippen molar-refractivity contribution in [2.75, 3.05) is 26.2 Å². The Kier molecular flexibility index (Phi) is 11.2. The molecular formula is C24H35IN4O. The number of nitrogens with zero attached hydrogens (tertiary/aromatic N) is 2. The number of hydrogen-bond acceptors (Lipinski definition) is 3. The van der Waals surface area contributed by atoms with Crippen LogP contribution in [0.2, 0.25) is 0 Å². The molecular weight excluding hydrogens is 487 g/mol. The second-order valence-corrected chi connectivity index (χ2v) is 7.64. The van der Waals surface area contributed by atoms with E-state index in [9.17, 15) is 5.11 Å². The van der Waals surface area contributed by atoms with Gasteiger partial charge in [-0.15, -0.1) is 24.0 Å². The zero-order valence-electron chi connectivity index (χ0n) is 17.9. The second-order valence-electron chi connectivity index (χ2n) is 7.64. The SMILES string of the molecule is CCNC(=NCc1ccc(CN2CCCC2)cc1)NCCC(O)c1ccccc1.I. The van der Waals surface area contributed by atoms with Crippen molar-refractivity contribution in [2.24, 2.45) is 4.99 Å². The summed E-state index contributed by atoms with van der Waals surface area (Å²) in [6.07, 6.45) is 2.83. The van der Waals surface area contributed by atoms with Crippen molar-refractivity contribution >= 4 is 29.9 Å². The van der Waals surface area contributed by atoms with Gasteiger partial charge in [0, 0.05) is 19.6 Å². The summed E-state index contributed by atoms with van der Waals surface area (Å²) in [5, 5.41) is 16.9. The molecule has 3 N–H and O–H groups in total. The van der Waals surface area contributed by atoms with Crippen LogP contribution in [-0.4, -0.2) is 42.1 Å². The van der Waals surface area contributed by atoms with E-state index in [2.05, 4.69) is 51.7 Å². The molecule has 5 nitrogen and oxygen atoms in total. The zero-order chi connectivity index (χ0) is 20.3. The maximum atomic E-state index is 10.3. The molecule has 0 aromatic heterocycles. The molecule has 1 fully saturated rings. The van der Waals surface area contributed by atoms with E-state index >= 15 is 0 Å². The Labute approximate surface area is 198 Å². The highest BCUT2D eigenvalue weighted by Crippen LogP contribution is 2.15. The van der Waals surface area contributed by atoms with E-state index in [0.717, 1.165) is 24.6 Å². The fourth-order valence-corrected chi connectivity index (χ4v) is 3.63. The van der Waals surface area contributed by atoms with Crippen molar-refractivity contribution in [1.82, 2.24) is 15.5 Å². The Balaban J connectivity index is 0.00000320. The minimum absolute atomic E-state index is 0. The minimum Gasteiger partial charge on any atom is -0.388 e. The lowest BCUT2D eigenvalue weighted by atomic mass is 10.1. The third kappa shape index (κ3) is 8.24. The molecule has 3 rings (SSSR count). The van der Waals surface area contributed by atoms with Gasteiger partial charge in [-0.1, -0.05) is 54.6 Å². The fraction of sp³-hybridized carbons (Fsp3) is 0.458. The summed E-state index contributed by atoms with van der Waals surface area (Å²) < 4.78 is 0. The van der Waals surface area contributed by atoms with Gasteiger partial charge in [-0.2, -0.15) is 0 Å². The number of aliphatic hydroxyl groups excluding tert-OH is 1. The Hall–Kier alpha value is -1.64. The molecule has 0 radical (unpaired) electrons. The number of aliphatic imine (C=N–C) groups is 1. The van der Waals surface area contributed by atoms with Crippen LogP contribution in [0.5, 0.6) is 0 Å². The van der Waals surface area contributed by atoms with E-state index in [1.807, 2.05) is 30.3 Å². The highest BCUT2D eigenvalue weighted by Gasteiger charge is 2.11. The van der Waals surface area contributed by atoms with Gasteiger partial charge in [-0.3, -0.25) is 4.90 Å². The Bertz CT molecular complexity index is 746. The average Bonchev–Trinajstić information content (AvgIpc) is 3.26. The van der Waals surface area contributed by atoms with Crippen molar-refractivity contribution in [3.8, 4) is 0 Å². The number of benzene rings is 2. The second kappa shape index (κ2) is 13.6. The smallest absolute Gasteiger partial charge is 0.191 e. The van der Waals surface area contributed by atoms with Crippen molar-refractivity contribution in [3.63, 3.8) is 0 Å². The van der Waals surface area contributed by atoms with E-state index < -0.39 is 6.10 Å². The molecule has 1 unspecified atom stereocenters. The van der Waals surface area contributed by atoms with Gasteiger partial charge in [0.25, 0.3) is 0 Å². The quantitative estimate of drug-likeness (QED) is 0.264. The highest BCUT2D eigenvalue weighted by molar-refractivity contribution is 14.0. The van der Waals surface area contributed by atoms with Gasteiger partial charge < -0.3 is 15.7 Å². The first-order valence-corrected chi connectivity index (χ1v) is 10.8. The van der Waals surface area contributed by atoms with Crippen molar-refractivity contribution in [1.29, 1.82) is 0 Å². The van der Waals surface area contributed by atoms with Crippen LogP contribution >= 0.6 is 24.0 Å². The summed E-state index contributed by atoms with van der Waals surface area (Å²) >= 11 is 0. The third-order valence-corrected chi connectivity index (χ3v) is 5.29. The zero-order valence-corrected chi connectivity index (χ0v) is 20.2. The molecule has 1 atom stereocenters. The summed E-state index contributed by atoms with van der Waals surface area (Å²) in [7, 11) is 0. The molecule has 1 aliphatic heterocycles. The van der Waals surface area contributed by atoms with Gasteiger partial charge >= 0.3 is 0 Å². The summed E-state index contributed by atoms with van der Waals surface area (Å²) in [5.41, 5.74) is 3.53. The molecule has 0 bridgehead atoms. The molecule has 0 saturated carbocycles. The summed E-state index contributed by atoms with van der Waals surface area (Å²) in [6, 6.07) is 18.6. The lowest BCUT2D eigenvalue weighted by molar-refractivity contribution is 0.168. The van der Waals surface area contributed by atoms with Crippen molar-refractivity contribution in [2.45, 2.75) is 45.4 Å². The van der Waals surface area contributed by atoms with Gasteiger partial charge in [0.1, 0.15) is 0 Å². The van der Waals surface area contributed by atoms with Crippen LogP contribution in [0.3, 0.4) is 0 Å². The van der Waals surface area contributed by atoms with Gasteiger partial charge in [-0.05, 0) is 56.0 Å². The largest absolute Gasteiger partial charge is 0.388 e. The van der Waals surface area contributed by atoms with Crippen molar-refractivity contribution < 1.29 is 5.11 Å². The van der Waals surface area contributed by atoms with Crippen LogP contribution in [0, 0.1) is 0 Å². The lowest BCUT2D eigenvalue weighted by Gasteiger charge is -2.15. The molecule has 0 spiro atoms. The Morgan fingerprint density at radius 3 is 2.33 bits per heavy atom. The highest BCUT2D eigenvalue weighted by atomic mass is 127. The van der Waals surface area contributed by atoms with Gasteiger partial charge in [-0.25, -0.2) is 4.99 Å². The normalized spacial score (nSPS) is 15.5. The topological polar surface area (TPSA) is 59.9 Å². The van der Waals surface area contributed by atoms with Gasteiger partial charge in [0.2, 0.25) is 0 Å². The fourth-order valence-electron chi connectivity index (χ4n) is 3.63. The number of guanidine groups is 1. The molecule has 2 aromatic rings. The van der Waals surface area contributed by atoms with Crippen LogP contribution in [0.1, 0.15) is 49.0 Å². The van der Waals surface area contributed by atoms with Crippen LogP contribution in [-0.2, 0) is 13.1 Å². The monoisotopic (exact) mass is 522 g/mol. The van der Waals surface area contributed by atoms with Crippen molar-refractivity contribution in [3.05, 3.63) is 71.3 Å². The molecule has 30 heavy (non-hydrogen) atoms. The van der Waals surface area contributed by atoms with Crippen LogP contribution in [0.4, 0.5) is 0 Å². The van der Waals surface area contributed by atoms with Gasteiger partial charge in [0.05, 0.1) is 12.6 Å². The predicted molar refractivity (Wildman–Crippen MR) is 135 cm³/mol. The number of nitrogens with one attached hydrogen (secondary N) is 2. The molecule has 1 heterocycles. The van der Waals surface area contributed by atoms with E-state index in [-0.39, 0.29) is 24.0 Å². The molecule has 0 amide bonds. The minimum atomic E-state index is -0.463. The van der Waals surface area contributed by atoms with Crippen LogP contribution < -0.4 is 10.6 Å². The lowest BCUT2D eigenvalue weighted by Crippen LogP contribution is -2.38. The summed E-state index contributed by atoms with van der Waals surface area (Å²) in [4.78, 5) is 7.21. The number of hydrogen-bond donors (Lipinski definition) is 3. The first kappa shape index (κ1) is 24.6.